The fourth-order valence-electron chi connectivity index (χ4n) is 4.59. The fraction of sp³-hybridized carbons (Fsp3) is 0.393. The molecule has 0 aliphatic carbocycles. The number of ether oxygens (including phenoxy) is 2. The summed E-state index contributed by atoms with van der Waals surface area (Å²) in [5.74, 6) is 0.870. The van der Waals surface area contributed by atoms with Crippen LogP contribution in [0, 0.1) is 5.92 Å². The van der Waals surface area contributed by atoms with E-state index in [0.29, 0.717) is 61.2 Å². The maximum atomic E-state index is 13.0. The van der Waals surface area contributed by atoms with E-state index in [1.807, 2.05) is 47.8 Å². The molecule has 8 nitrogen and oxygen atoms in total. The van der Waals surface area contributed by atoms with Crippen LogP contribution in [0.1, 0.15) is 39.5 Å². The molecule has 2 N–H and O–H groups in total. The van der Waals surface area contributed by atoms with Gasteiger partial charge in [0.25, 0.3) is 5.91 Å². The average Bonchev–Trinajstić information content (AvgIpc) is 3.40. The second kappa shape index (κ2) is 13.1. The Balaban J connectivity index is 1.43. The van der Waals surface area contributed by atoms with Gasteiger partial charge in [-0.15, -0.1) is 11.3 Å². The predicted octanol–water partition coefficient (Wildman–Crippen LogP) is 4.40. The molecule has 0 bridgehead atoms. The van der Waals surface area contributed by atoms with Gasteiger partial charge in [0.05, 0.1) is 20.8 Å². The summed E-state index contributed by atoms with van der Waals surface area (Å²) in [6.45, 7) is 3.15. The summed E-state index contributed by atoms with van der Waals surface area (Å²) in [7, 11) is 3.26. The number of nitrogens with zero attached hydrogens (tertiary/aromatic N) is 3. The highest BCUT2D eigenvalue weighted by Crippen LogP contribution is 2.28. The minimum Gasteiger partial charge on any atom is -0.493 e. The zero-order valence-electron chi connectivity index (χ0n) is 21.7. The summed E-state index contributed by atoms with van der Waals surface area (Å²) >= 11 is 7.58. The molecule has 4 rings (SSSR count). The molecule has 2 amide bonds. The molecule has 10 heteroatoms. The van der Waals surface area contributed by atoms with Crippen molar-refractivity contribution in [3.05, 3.63) is 74.7 Å². The van der Waals surface area contributed by atoms with E-state index in [1.165, 1.54) is 11.3 Å². The minimum absolute atomic E-state index is 0.0926. The molecule has 1 fully saturated rings. The molecule has 2 heterocycles. The van der Waals surface area contributed by atoms with Gasteiger partial charge in [0.15, 0.2) is 11.5 Å². The van der Waals surface area contributed by atoms with Crippen LogP contribution in [0.15, 0.2) is 47.8 Å². The number of carbonyl (C=O) groups excluding carboxylic acids is 2. The van der Waals surface area contributed by atoms with Crippen LogP contribution in [0.4, 0.5) is 0 Å². The summed E-state index contributed by atoms with van der Waals surface area (Å²) in [4.78, 5) is 33.2. The lowest BCUT2D eigenvalue weighted by Crippen LogP contribution is -2.41. The number of aromatic nitrogens is 1. The third-order valence-corrected chi connectivity index (χ3v) is 7.88. The Hall–Kier alpha value is -3.14. The van der Waals surface area contributed by atoms with Crippen molar-refractivity contribution in [1.82, 2.24) is 14.8 Å². The molecule has 38 heavy (non-hydrogen) atoms. The number of carbonyl (C=O) groups is 2. The van der Waals surface area contributed by atoms with E-state index in [-0.39, 0.29) is 17.7 Å². The Morgan fingerprint density at radius 1 is 1.05 bits per heavy atom. The number of rotatable bonds is 11. The van der Waals surface area contributed by atoms with Crippen molar-refractivity contribution in [2.75, 3.05) is 33.9 Å². The Bertz CT molecular complexity index is 1240. The molecule has 0 atom stereocenters. The Morgan fingerprint density at radius 3 is 2.39 bits per heavy atom. The number of methoxy groups -OCH3 is 2. The lowest BCUT2D eigenvalue weighted by atomic mass is 9.96. The molecule has 0 unspecified atom stereocenters. The number of likely N-dealkylation sites (tertiary alicyclic amines) is 1. The number of hydrogen-bond donors (Lipinski definition) is 1. The number of benzene rings is 2. The van der Waals surface area contributed by atoms with Gasteiger partial charge in [-0.25, -0.2) is 4.98 Å². The van der Waals surface area contributed by atoms with Crippen LogP contribution in [-0.4, -0.2) is 60.5 Å². The average molecular weight is 557 g/mol. The Morgan fingerprint density at radius 2 is 1.74 bits per heavy atom. The summed E-state index contributed by atoms with van der Waals surface area (Å²) in [6.07, 6.45) is 2.01. The van der Waals surface area contributed by atoms with Crippen molar-refractivity contribution in [2.45, 2.75) is 32.4 Å². The highest BCUT2D eigenvalue weighted by atomic mass is 35.5. The van der Waals surface area contributed by atoms with Crippen LogP contribution < -0.4 is 15.2 Å². The minimum atomic E-state index is -0.290. The Kier molecular flexibility index (Phi) is 9.60. The first-order valence-corrected chi connectivity index (χ1v) is 13.8. The number of halogens is 1. The monoisotopic (exact) mass is 556 g/mol. The lowest BCUT2D eigenvalue weighted by molar-refractivity contribution is -0.123. The molecule has 1 aliphatic heterocycles. The van der Waals surface area contributed by atoms with Gasteiger partial charge >= 0.3 is 0 Å². The van der Waals surface area contributed by atoms with Crippen molar-refractivity contribution < 1.29 is 19.1 Å². The quantitative estimate of drug-likeness (QED) is 0.376. The van der Waals surface area contributed by atoms with Gasteiger partial charge < -0.3 is 20.1 Å². The number of thiazole rings is 1. The lowest BCUT2D eigenvalue weighted by Gasteiger charge is -2.30. The van der Waals surface area contributed by atoms with Crippen molar-refractivity contribution in [1.29, 1.82) is 0 Å². The first-order valence-electron chi connectivity index (χ1n) is 12.6. The summed E-state index contributed by atoms with van der Waals surface area (Å²) in [6, 6.07) is 13.8. The SMILES string of the molecule is COc1ccc(CCN(Cc2ccc(Cl)cc2)Cc2nc(C(=O)N3CCC(C(N)=O)CC3)cs2)cc1OC. The van der Waals surface area contributed by atoms with E-state index >= 15 is 0 Å². The van der Waals surface area contributed by atoms with E-state index in [2.05, 4.69) is 9.88 Å². The van der Waals surface area contributed by atoms with Crippen LogP contribution in [-0.2, 0) is 24.3 Å². The first kappa shape index (κ1) is 27.9. The van der Waals surface area contributed by atoms with Gasteiger partial charge in [0, 0.05) is 42.5 Å². The molecule has 1 aromatic heterocycles. The topological polar surface area (TPSA) is 98.0 Å². The second-order valence-corrected chi connectivity index (χ2v) is 10.8. The van der Waals surface area contributed by atoms with Gasteiger partial charge in [-0.05, 0) is 54.7 Å². The van der Waals surface area contributed by atoms with Gasteiger partial charge in [0.2, 0.25) is 5.91 Å². The number of primary amides is 1. The highest BCUT2D eigenvalue weighted by Gasteiger charge is 2.27. The van der Waals surface area contributed by atoms with Gasteiger partial charge in [-0.3, -0.25) is 14.5 Å². The molecule has 0 spiro atoms. The van der Waals surface area contributed by atoms with Crippen LogP contribution >= 0.6 is 22.9 Å². The zero-order valence-corrected chi connectivity index (χ0v) is 23.3. The van der Waals surface area contributed by atoms with E-state index in [4.69, 9.17) is 26.8 Å². The number of hydrogen-bond acceptors (Lipinski definition) is 7. The van der Waals surface area contributed by atoms with Crippen LogP contribution in [0.5, 0.6) is 11.5 Å². The van der Waals surface area contributed by atoms with Crippen molar-refractivity contribution in [2.24, 2.45) is 11.7 Å². The van der Waals surface area contributed by atoms with E-state index in [0.717, 1.165) is 29.1 Å². The standard InChI is InChI=1S/C28H33ClN4O4S/c1-36-24-8-5-19(15-25(24)37-2)9-12-32(16-20-3-6-22(29)7-4-20)17-26-31-23(18-38-26)28(35)33-13-10-21(11-14-33)27(30)34/h3-8,15,18,21H,9-14,16-17H2,1-2H3,(H2,30,34). The second-order valence-electron chi connectivity index (χ2n) is 9.37. The molecule has 1 saturated heterocycles. The molecule has 0 saturated carbocycles. The predicted molar refractivity (Wildman–Crippen MR) is 149 cm³/mol. The fourth-order valence-corrected chi connectivity index (χ4v) is 5.52. The molecular formula is C28H33ClN4O4S. The maximum absolute atomic E-state index is 13.0. The third kappa shape index (κ3) is 7.24. The van der Waals surface area contributed by atoms with Crippen LogP contribution in [0.3, 0.4) is 0 Å². The highest BCUT2D eigenvalue weighted by molar-refractivity contribution is 7.09. The molecule has 3 aromatic rings. The van der Waals surface area contributed by atoms with Gasteiger partial charge in [-0.2, -0.15) is 0 Å². The maximum Gasteiger partial charge on any atom is 0.273 e. The van der Waals surface area contributed by atoms with E-state index in [1.54, 1.807) is 19.1 Å². The van der Waals surface area contributed by atoms with E-state index < -0.39 is 0 Å². The Labute approximate surface area is 232 Å². The summed E-state index contributed by atoms with van der Waals surface area (Å²) in [5, 5.41) is 3.40. The van der Waals surface area contributed by atoms with Crippen LogP contribution in [0.2, 0.25) is 5.02 Å². The molecule has 0 radical (unpaired) electrons. The zero-order chi connectivity index (χ0) is 27.1. The number of nitrogens with two attached hydrogens (primary N) is 1. The summed E-state index contributed by atoms with van der Waals surface area (Å²) < 4.78 is 10.8. The van der Waals surface area contributed by atoms with Crippen molar-refractivity contribution in [3.8, 4) is 11.5 Å². The van der Waals surface area contributed by atoms with Crippen LogP contribution in [0.25, 0.3) is 0 Å². The number of piperidine rings is 1. The van der Waals surface area contributed by atoms with E-state index in [9.17, 15) is 9.59 Å². The summed E-state index contributed by atoms with van der Waals surface area (Å²) in [5.41, 5.74) is 8.16. The molecular weight excluding hydrogens is 524 g/mol. The van der Waals surface area contributed by atoms with Gasteiger partial charge in [0.1, 0.15) is 10.7 Å². The largest absolute Gasteiger partial charge is 0.493 e. The molecule has 2 aromatic carbocycles. The van der Waals surface area contributed by atoms with Crippen molar-refractivity contribution >= 4 is 34.8 Å². The number of amides is 2. The first-order chi connectivity index (χ1) is 18.4. The van der Waals surface area contributed by atoms with Gasteiger partial charge in [-0.1, -0.05) is 29.8 Å². The molecule has 202 valence electrons. The van der Waals surface area contributed by atoms with Crippen molar-refractivity contribution in [3.63, 3.8) is 0 Å². The molecule has 1 aliphatic rings. The third-order valence-electron chi connectivity index (χ3n) is 6.80. The normalized spacial score (nSPS) is 14.1. The smallest absolute Gasteiger partial charge is 0.273 e.